The minimum absolute atomic E-state index is 0.0307. The van der Waals surface area contributed by atoms with Crippen LogP contribution in [-0.2, 0) is 22.5 Å². The molecule has 1 aromatic carbocycles. The fourth-order valence-electron chi connectivity index (χ4n) is 2.88. The number of carbonyl (C=O) groups excluding carboxylic acids is 1. The molecule has 1 aliphatic rings. The predicted molar refractivity (Wildman–Crippen MR) is 110 cm³/mol. The van der Waals surface area contributed by atoms with Crippen LogP contribution in [0.15, 0.2) is 33.0 Å². The Bertz CT molecular complexity index is 912. The maximum atomic E-state index is 12.7. The number of aryl methyl sites for hydroxylation is 3. The normalized spacial score (nSPS) is 12.9. The second-order valence-electron chi connectivity index (χ2n) is 6.37. The second kappa shape index (κ2) is 8.95. The van der Waals surface area contributed by atoms with E-state index >= 15 is 0 Å². The maximum Gasteiger partial charge on any atom is 0.268 e. The van der Waals surface area contributed by atoms with Crippen LogP contribution < -0.4 is 10.9 Å². The van der Waals surface area contributed by atoms with Crippen LogP contribution in [0.5, 0.6) is 0 Å². The van der Waals surface area contributed by atoms with Crippen LogP contribution in [0.2, 0.25) is 0 Å². The summed E-state index contributed by atoms with van der Waals surface area (Å²) in [5.74, 6) is 0.955. The van der Waals surface area contributed by atoms with Crippen molar-refractivity contribution >= 4 is 35.1 Å². The van der Waals surface area contributed by atoms with Gasteiger partial charge in [0.1, 0.15) is 0 Å². The molecule has 0 unspecified atom stereocenters. The highest BCUT2D eigenvalue weighted by Gasteiger charge is 2.22. The first-order valence-electron chi connectivity index (χ1n) is 8.75. The Morgan fingerprint density at radius 1 is 1.41 bits per heavy atom. The number of methoxy groups -OCH3 is 1. The molecule has 6 nitrogen and oxygen atoms in total. The number of carbonyl (C=O) groups is 1. The standard InChI is InChI=1S/C19H23N3O3S2/c1-12-4-5-14(13(2)10-12)20-16(23)11-27-19-21-15-6-9-26-17(15)18(24)22(19)7-8-25-3/h4-5,10H,6-9,11H2,1-3H3,(H,20,23). The fraction of sp³-hybridized carbons (Fsp3) is 0.421. The highest BCUT2D eigenvalue weighted by molar-refractivity contribution is 8.00. The van der Waals surface area contributed by atoms with Gasteiger partial charge in [0.15, 0.2) is 5.16 Å². The Labute approximate surface area is 167 Å². The van der Waals surface area contributed by atoms with Crippen LogP contribution in [0.25, 0.3) is 0 Å². The Balaban J connectivity index is 1.74. The molecule has 2 heterocycles. The van der Waals surface area contributed by atoms with Gasteiger partial charge in [0.25, 0.3) is 5.56 Å². The van der Waals surface area contributed by atoms with Crippen molar-refractivity contribution in [2.75, 3.05) is 30.5 Å². The van der Waals surface area contributed by atoms with Crippen LogP contribution in [-0.4, -0.2) is 40.7 Å². The lowest BCUT2D eigenvalue weighted by Crippen LogP contribution is -2.27. The number of fused-ring (bicyclic) bond motifs is 1. The lowest BCUT2D eigenvalue weighted by Gasteiger charge is -2.13. The fourth-order valence-corrected chi connectivity index (χ4v) is 4.77. The van der Waals surface area contributed by atoms with E-state index in [0.29, 0.717) is 18.3 Å². The monoisotopic (exact) mass is 405 g/mol. The lowest BCUT2D eigenvalue weighted by molar-refractivity contribution is -0.113. The average Bonchev–Trinajstić information content (AvgIpc) is 3.10. The van der Waals surface area contributed by atoms with E-state index < -0.39 is 0 Å². The minimum Gasteiger partial charge on any atom is -0.383 e. The molecule has 1 amide bonds. The number of rotatable bonds is 7. The van der Waals surface area contributed by atoms with Gasteiger partial charge < -0.3 is 10.1 Å². The van der Waals surface area contributed by atoms with Crippen molar-refractivity contribution in [2.24, 2.45) is 0 Å². The topological polar surface area (TPSA) is 73.2 Å². The van der Waals surface area contributed by atoms with E-state index in [0.717, 1.165) is 39.6 Å². The van der Waals surface area contributed by atoms with Crippen LogP contribution in [0.4, 0.5) is 5.69 Å². The number of amides is 1. The Morgan fingerprint density at radius 3 is 2.96 bits per heavy atom. The molecule has 3 rings (SSSR count). The van der Waals surface area contributed by atoms with Crippen molar-refractivity contribution in [1.29, 1.82) is 0 Å². The van der Waals surface area contributed by atoms with Crippen molar-refractivity contribution in [2.45, 2.75) is 36.9 Å². The van der Waals surface area contributed by atoms with Gasteiger partial charge in [-0.15, -0.1) is 11.8 Å². The van der Waals surface area contributed by atoms with Crippen LogP contribution in [0.3, 0.4) is 0 Å². The van der Waals surface area contributed by atoms with Gasteiger partial charge in [-0.3, -0.25) is 14.2 Å². The first-order valence-corrected chi connectivity index (χ1v) is 10.7. The predicted octanol–water partition coefficient (Wildman–Crippen LogP) is 2.89. The summed E-state index contributed by atoms with van der Waals surface area (Å²) in [5, 5.41) is 3.51. The van der Waals surface area contributed by atoms with Crippen molar-refractivity contribution in [1.82, 2.24) is 9.55 Å². The van der Waals surface area contributed by atoms with Crippen LogP contribution in [0, 0.1) is 13.8 Å². The van der Waals surface area contributed by atoms with E-state index in [2.05, 4.69) is 10.3 Å². The van der Waals surface area contributed by atoms with Gasteiger partial charge in [-0.25, -0.2) is 4.98 Å². The Hall–Kier alpha value is -1.77. The summed E-state index contributed by atoms with van der Waals surface area (Å²) in [6, 6.07) is 5.91. The van der Waals surface area contributed by atoms with Crippen molar-refractivity contribution in [3.05, 3.63) is 45.4 Å². The number of thioether (sulfide) groups is 2. The van der Waals surface area contributed by atoms with E-state index in [1.807, 2.05) is 32.0 Å². The number of benzene rings is 1. The molecular weight excluding hydrogens is 382 g/mol. The van der Waals surface area contributed by atoms with Gasteiger partial charge in [0.2, 0.25) is 5.91 Å². The van der Waals surface area contributed by atoms with E-state index in [-0.39, 0.29) is 17.2 Å². The first-order chi connectivity index (χ1) is 13.0. The molecule has 0 saturated heterocycles. The van der Waals surface area contributed by atoms with E-state index in [9.17, 15) is 9.59 Å². The number of hydrogen-bond donors (Lipinski definition) is 1. The summed E-state index contributed by atoms with van der Waals surface area (Å²) in [7, 11) is 1.60. The molecule has 27 heavy (non-hydrogen) atoms. The molecule has 144 valence electrons. The summed E-state index contributed by atoms with van der Waals surface area (Å²) in [6.45, 7) is 4.84. The summed E-state index contributed by atoms with van der Waals surface area (Å²) in [4.78, 5) is 30.5. The molecule has 0 saturated carbocycles. The SMILES string of the molecule is COCCn1c(SCC(=O)Nc2ccc(C)cc2C)nc2c(c1=O)SCC2. The molecule has 1 aliphatic heterocycles. The zero-order valence-corrected chi connectivity index (χ0v) is 17.3. The molecule has 1 N–H and O–H groups in total. The van der Waals surface area contributed by atoms with Gasteiger partial charge in [0.05, 0.1) is 29.5 Å². The Morgan fingerprint density at radius 2 is 2.22 bits per heavy atom. The maximum absolute atomic E-state index is 12.7. The molecule has 0 bridgehead atoms. The third-order valence-electron chi connectivity index (χ3n) is 4.26. The molecule has 0 aliphatic carbocycles. The molecule has 0 atom stereocenters. The zero-order valence-electron chi connectivity index (χ0n) is 15.7. The minimum atomic E-state index is -0.116. The van der Waals surface area contributed by atoms with Gasteiger partial charge in [-0.2, -0.15) is 0 Å². The van der Waals surface area contributed by atoms with E-state index in [4.69, 9.17) is 4.74 Å². The number of aromatic nitrogens is 2. The van der Waals surface area contributed by atoms with Crippen molar-refractivity contribution in [3.8, 4) is 0 Å². The van der Waals surface area contributed by atoms with Gasteiger partial charge >= 0.3 is 0 Å². The van der Waals surface area contributed by atoms with Crippen LogP contribution in [0.1, 0.15) is 16.8 Å². The number of nitrogens with zero attached hydrogens (tertiary/aromatic N) is 2. The lowest BCUT2D eigenvalue weighted by atomic mass is 10.1. The molecular formula is C19H23N3O3S2. The van der Waals surface area contributed by atoms with Gasteiger partial charge in [-0.05, 0) is 25.5 Å². The average molecular weight is 406 g/mol. The van der Waals surface area contributed by atoms with Gasteiger partial charge in [-0.1, -0.05) is 29.5 Å². The Kier molecular flexibility index (Phi) is 6.62. The summed E-state index contributed by atoms with van der Waals surface area (Å²) >= 11 is 2.84. The first kappa shape index (κ1) is 20.0. The molecule has 0 spiro atoms. The highest BCUT2D eigenvalue weighted by Crippen LogP contribution is 2.28. The smallest absolute Gasteiger partial charge is 0.268 e. The largest absolute Gasteiger partial charge is 0.383 e. The molecule has 2 aromatic rings. The quantitative estimate of drug-likeness (QED) is 0.564. The second-order valence-corrected chi connectivity index (χ2v) is 8.42. The number of nitrogens with one attached hydrogen (secondary N) is 1. The highest BCUT2D eigenvalue weighted by atomic mass is 32.2. The third kappa shape index (κ3) is 4.75. The molecule has 1 aromatic heterocycles. The zero-order chi connectivity index (χ0) is 19.4. The number of ether oxygens (including phenoxy) is 1. The molecule has 0 radical (unpaired) electrons. The van der Waals surface area contributed by atoms with Crippen molar-refractivity contribution in [3.63, 3.8) is 0 Å². The summed E-state index contributed by atoms with van der Waals surface area (Å²) in [6.07, 6.45) is 0.794. The molecule has 8 heteroatoms. The van der Waals surface area contributed by atoms with Crippen molar-refractivity contribution < 1.29 is 9.53 Å². The van der Waals surface area contributed by atoms with E-state index in [1.165, 1.54) is 11.8 Å². The number of hydrogen-bond acceptors (Lipinski definition) is 6. The van der Waals surface area contributed by atoms with E-state index in [1.54, 1.807) is 23.4 Å². The third-order valence-corrected chi connectivity index (χ3v) is 6.34. The molecule has 0 fully saturated rings. The van der Waals surface area contributed by atoms with Gasteiger partial charge in [0, 0.05) is 25.0 Å². The summed E-state index contributed by atoms with van der Waals surface area (Å²) < 4.78 is 6.74. The van der Waals surface area contributed by atoms with Crippen LogP contribution >= 0.6 is 23.5 Å². The summed E-state index contributed by atoms with van der Waals surface area (Å²) in [5.41, 5.74) is 3.80. The number of anilines is 1.